The van der Waals surface area contributed by atoms with Crippen LogP contribution in [0.1, 0.15) is 27.6 Å². The van der Waals surface area contributed by atoms with Gasteiger partial charge in [-0.1, -0.05) is 37.9 Å². The second-order valence-electron chi connectivity index (χ2n) is 3.58. The molecule has 82 valence electrons. The van der Waals surface area contributed by atoms with E-state index in [0.717, 1.165) is 17.5 Å². The van der Waals surface area contributed by atoms with E-state index in [1.807, 2.05) is 23.9 Å². The minimum atomic E-state index is 0.360. The third-order valence-electron chi connectivity index (χ3n) is 2.59. The quantitative estimate of drug-likeness (QED) is 0.756. The van der Waals surface area contributed by atoms with Gasteiger partial charge in [0.1, 0.15) is 5.75 Å². The van der Waals surface area contributed by atoms with Crippen LogP contribution in [-0.2, 0) is 0 Å². The Kier molecular flexibility index (Phi) is 4.02. The Morgan fingerprint density at radius 2 is 2.20 bits per heavy atom. The second kappa shape index (κ2) is 5.11. The molecular formula is C11H12Br2OS. The van der Waals surface area contributed by atoms with Crippen LogP contribution in [-0.4, -0.2) is 16.2 Å². The molecule has 2 rings (SSSR count). The van der Waals surface area contributed by atoms with Gasteiger partial charge in [0.05, 0.1) is 0 Å². The predicted molar refractivity (Wildman–Crippen MR) is 73.4 cm³/mol. The first-order valence-electron chi connectivity index (χ1n) is 4.87. The minimum Gasteiger partial charge on any atom is -0.508 e. The number of thioether (sulfide) groups is 1. The van der Waals surface area contributed by atoms with Crippen LogP contribution in [0.15, 0.2) is 18.2 Å². The number of phenols is 1. The molecule has 15 heavy (non-hydrogen) atoms. The number of benzene rings is 1. The van der Waals surface area contributed by atoms with E-state index in [-0.39, 0.29) is 0 Å². The molecule has 1 aromatic carbocycles. The van der Waals surface area contributed by atoms with E-state index in [1.165, 1.54) is 11.1 Å². The van der Waals surface area contributed by atoms with Gasteiger partial charge in [0.15, 0.2) is 0 Å². The van der Waals surface area contributed by atoms with Gasteiger partial charge >= 0.3 is 0 Å². The van der Waals surface area contributed by atoms with E-state index in [0.29, 0.717) is 15.8 Å². The van der Waals surface area contributed by atoms with Gasteiger partial charge in [-0.05, 0) is 35.4 Å². The number of hydrogen-bond acceptors (Lipinski definition) is 2. The summed E-state index contributed by atoms with van der Waals surface area (Å²) in [6.07, 6.45) is 1.12. The number of phenolic OH excluding ortho intramolecular Hbond substituents is 1. The van der Waals surface area contributed by atoms with Crippen molar-refractivity contribution in [3.8, 4) is 5.75 Å². The summed E-state index contributed by atoms with van der Waals surface area (Å²) in [4.78, 5) is 0.371. The zero-order valence-corrected chi connectivity index (χ0v) is 12.1. The van der Waals surface area contributed by atoms with Crippen LogP contribution in [0, 0.1) is 0 Å². The Morgan fingerprint density at radius 1 is 1.40 bits per heavy atom. The van der Waals surface area contributed by atoms with Crippen LogP contribution in [0.5, 0.6) is 5.75 Å². The number of rotatable bonds is 1. The maximum absolute atomic E-state index is 9.52. The summed E-state index contributed by atoms with van der Waals surface area (Å²) < 4.78 is 0. The zero-order valence-electron chi connectivity index (χ0n) is 8.12. The fourth-order valence-corrected chi connectivity index (χ4v) is 4.79. The molecular weight excluding hydrogens is 340 g/mol. The van der Waals surface area contributed by atoms with Crippen LogP contribution in [0.2, 0.25) is 0 Å². The van der Waals surface area contributed by atoms with E-state index in [4.69, 9.17) is 0 Å². The van der Waals surface area contributed by atoms with Crippen molar-refractivity contribution in [1.82, 2.24) is 0 Å². The van der Waals surface area contributed by atoms with Gasteiger partial charge in [-0.3, -0.25) is 0 Å². The lowest BCUT2D eigenvalue weighted by Crippen LogP contribution is -1.98. The molecule has 0 radical (unpaired) electrons. The van der Waals surface area contributed by atoms with Gasteiger partial charge in [-0.25, -0.2) is 0 Å². The van der Waals surface area contributed by atoms with E-state index in [2.05, 4.69) is 31.9 Å². The standard InChI is InChI=1S/C11H12Br2OS/c12-6-11-8-2-1-7(14)5-9(8)10(13)3-4-15-11/h1-2,5,10-11,14H,3-4,6H2. The van der Waals surface area contributed by atoms with E-state index < -0.39 is 0 Å². The van der Waals surface area contributed by atoms with Crippen LogP contribution in [0.3, 0.4) is 0 Å². The molecule has 0 aromatic heterocycles. The maximum atomic E-state index is 9.52. The molecule has 1 aromatic rings. The highest BCUT2D eigenvalue weighted by Crippen LogP contribution is 2.44. The summed E-state index contributed by atoms with van der Waals surface area (Å²) in [5.74, 6) is 1.51. The molecule has 0 fully saturated rings. The molecule has 0 saturated heterocycles. The molecule has 1 heterocycles. The van der Waals surface area contributed by atoms with Crippen LogP contribution in [0.4, 0.5) is 0 Å². The van der Waals surface area contributed by atoms with Gasteiger partial charge in [0.2, 0.25) is 0 Å². The summed E-state index contributed by atoms with van der Waals surface area (Å²) in [5, 5.41) is 11.0. The summed E-state index contributed by atoms with van der Waals surface area (Å²) >= 11 is 9.22. The molecule has 1 aliphatic rings. The lowest BCUT2D eigenvalue weighted by Gasteiger charge is -2.15. The Labute approximate surface area is 111 Å². The highest BCUT2D eigenvalue weighted by Gasteiger charge is 2.23. The predicted octanol–water partition coefficient (Wildman–Crippen LogP) is 4.40. The monoisotopic (exact) mass is 350 g/mol. The van der Waals surface area contributed by atoms with Crippen LogP contribution >= 0.6 is 43.6 Å². The number of halogens is 2. The normalized spacial score (nSPS) is 25.7. The van der Waals surface area contributed by atoms with E-state index in [1.54, 1.807) is 6.07 Å². The molecule has 2 unspecified atom stereocenters. The fourth-order valence-electron chi connectivity index (χ4n) is 1.81. The SMILES string of the molecule is Oc1ccc2c(c1)C(Br)CCSC2CBr. The Balaban J connectivity index is 2.46. The molecule has 1 nitrogen and oxygen atoms in total. The lowest BCUT2D eigenvalue weighted by molar-refractivity contribution is 0.474. The lowest BCUT2D eigenvalue weighted by atomic mass is 10.0. The van der Waals surface area contributed by atoms with Gasteiger partial charge in [-0.15, -0.1) is 0 Å². The van der Waals surface area contributed by atoms with Crippen molar-refractivity contribution in [3.05, 3.63) is 29.3 Å². The first-order chi connectivity index (χ1) is 7.22. The van der Waals surface area contributed by atoms with E-state index >= 15 is 0 Å². The first kappa shape index (κ1) is 11.8. The van der Waals surface area contributed by atoms with E-state index in [9.17, 15) is 5.11 Å². The zero-order chi connectivity index (χ0) is 10.8. The minimum absolute atomic E-state index is 0.360. The van der Waals surface area contributed by atoms with Crippen molar-refractivity contribution in [2.45, 2.75) is 16.5 Å². The van der Waals surface area contributed by atoms with Crippen molar-refractivity contribution in [2.24, 2.45) is 0 Å². The maximum Gasteiger partial charge on any atom is 0.115 e. The topological polar surface area (TPSA) is 20.2 Å². The molecule has 0 saturated carbocycles. The highest BCUT2D eigenvalue weighted by atomic mass is 79.9. The third kappa shape index (κ3) is 2.53. The molecule has 2 atom stereocenters. The number of hydrogen-bond donors (Lipinski definition) is 1. The fraction of sp³-hybridized carbons (Fsp3) is 0.455. The Bertz CT molecular complexity index is 356. The van der Waals surface area contributed by atoms with Crippen molar-refractivity contribution in [1.29, 1.82) is 0 Å². The van der Waals surface area contributed by atoms with Gasteiger partial charge in [0.25, 0.3) is 0 Å². The third-order valence-corrected chi connectivity index (χ3v) is 5.91. The van der Waals surface area contributed by atoms with Crippen LogP contribution in [0.25, 0.3) is 0 Å². The Hall–Kier alpha value is 0.330. The Morgan fingerprint density at radius 3 is 2.93 bits per heavy atom. The largest absolute Gasteiger partial charge is 0.508 e. The molecule has 0 aliphatic carbocycles. The van der Waals surface area contributed by atoms with Gasteiger partial charge in [-0.2, -0.15) is 11.8 Å². The second-order valence-corrected chi connectivity index (χ2v) is 6.65. The summed E-state index contributed by atoms with van der Waals surface area (Å²) in [6.45, 7) is 0. The molecule has 1 N–H and O–H groups in total. The smallest absolute Gasteiger partial charge is 0.115 e. The number of alkyl halides is 2. The molecule has 0 spiro atoms. The van der Waals surface area contributed by atoms with Crippen molar-refractivity contribution >= 4 is 43.6 Å². The number of aromatic hydroxyl groups is 1. The summed E-state index contributed by atoms with van der Waals surface area (Å²) in [5.41, 5.74) is 2.58. The van der Waals surface area contributed by atoms with Crippen molar-refractivity contribution in [3.63, 3.8) is 0 Å². The van der Waals surface area contributed by atoms with Gasteiger partial charge in [0, 0.05) is 15.4 Å². The molecule has 0 amide bonds. The summed E-state index contributed by atoms with van der Waals surface area (Å²) in [7, 11) is 0. The average molecular weight is 352 g/mol. The molecule has 0 bridgehead atoms. The van der Waals surface area contributed by atoms with Crippen LogP contribution < -0.4 is 0 Å². The molecule has 1 aliphatic heterocycles. The first-order valence-corrected chi connectivity index (χ1v) is 7.95. The average Bonchev–Trinajstić information content (AvgIpc) is 2.38. The van der Waals surface area contributed by atoms with Gasteiger partial charge < -0.3 is 5.11 Å². The summed E-state index contributed by atoms with van der Waals surface area (Å²) in [6, 6.07) is 5.71. The van der Waals surface area contributed by atoms with Crippen molar-refractivity contribution in [2.75, 3.05) is 11.1 Å². The molecule has 4 heteroatoms. The highest BCUT2D eigenvalue weighted by molar-refractivity contribution is 9.09. The van der Waals surface area contributed by atoms with Crippen molar-refractivity contribution < 1.29 is 5.11 Å². The number of fused-ring (bicyclic) bond motifs is 1.